The number of amides is 1. The van der Waals surface area contributed by atoms with Crippen LogP contribution < -0.4 is 16.2 Å². The highest BCUT2D eigenvalue weighted by atomic mass is 16.2. The highest BCUT2D eigenvalue weighted by Gasteiger charge is 2.12. The summed E-state index contributed by atoms with van der Waals surface area (Å²) in [6.45, 7) is 2.54. The molecule has 0 saturated heterocycles. The van der Waals surface area contributed by atoms with E-state index in [-0.39, 0.29) is 11.5 Å². The van der Waals surface area contributed by atoms with Crippen molar-refractivity contribution in [3.05, 3.63) is 52.2 Å². The summed E-state index contributed by atoms with van der Waals surface area (Å²) >= 11 is 0. The quantitative estimate of drug-likeness (QED) is 0.491. The number of carbonyl (C=O) groups is 1. The first-order valence-corrected chi connectivity index (χ1v) is 7.80. The van der Waals surface area contributed by atoms with Crippen molar-refractivity contribution in [2.45, 2.75) is 6.92 Å². The number of hydrogen-bond acceptors (Lipinski definition) is 5. The zero-order valence-electron chi connectivity index (χ0n) is 14.0. The zero-order chi connectivity index (χ0) is 17.8. The monoisotopic (exact) mass is 341 g/mol. The molecule has 0 saturated carbocycles. The number of anilines is 1. The van der Waals surface area contributed by atoms with Crippen LogP contribution in [0.25, 0.3) is 11.4 Å². The first-order valence-electron chi connectivity index (χ1n) is 7.80. The van der Waals surface area contributed by atoms with Crippen LogP contribution in [0, 0.1) is 6.92 Å². The fraction of sp³-hybridized carbons (Fsp3) is 0.250. The van der Waals surface area contributed by atoms with Crippen LogP contribution in [0.1, 0.15) is 16.2 Å². The third-order valence-corrected chi connectivity index (χ3v) is 3.60. The maximum atomic E-state index is 12.1. The van der Waals surface area contributed by atoms with Gasteiger partial charge in [-0.15, -0.1) is 0 Å². The summed E-state index contributed by atoms with van der Waals surface area (Å²) in [5, 5.41) is 12.6. The number of carbonyl (C=O) groups excluding carboxylic acids is 1. The second kappa shape index (κ2) is 7.04. The topological polar surface area (TPSA) is 120 Å². The van der Waals surface area contributed by atoms with E-state index in [2.05, 4.69) is 30.8 Å². The Kier molecular flexibility index (Phi) is 4.64. The van der Waals surface area contributed by atoms with Crippen molar-refractivity contribution in [1.82, 2.24) is 30.0 Å². The molecule has 25 heavy (non-hydrogen) atoms. The molecule has 3 aromatic heterocycles. The molecular formula is C16H19N7O2. The van der Waals surface area contributed by atoms with Crippen LogP contribution >= 0.6 is 0 Å². The van der Waals surface area contributed by atoms with Gasteiger partial charge in [-0.2, -0.15) is 5.10 Å². The number of nitrogens with one attached hydrogen (secondary N) is 4. The molecule has 3 heterocycles. The van der Waals surface area contributed by atoms with Gasteiger partial charge in [-0.3, -0.25) is 19.7 Å². The molecular weight excluding hydrogens is 322 g/mol. The van der Waals surface area contributed by atoms with Gasteiger partial charge in [0.25, 0.3) is 11.5 Å². The molecule has 3 rings (SSSR count). The zero-order valence-corrected chi connectivity index (χ0v) is 14.0. The molecule has 0 aliphatic rings. The van der Waals surface area contributed by atoms with Crippen LogP contribution in [0.4, 0.5) is 5.95 Å². The maximum absolute atomic E-state index is 12.1. The fourth-order valence-corrected chi connectivity index (χ4v) is 2.41. The number of aryl methyl sites for hydroxylation is 2. The minimum Gasteiger partial charge on any atom is -0.354 e. The van der Waals surface area contributed by atoms with Crippen molar-refractivity contribution in [3.8, 4) is 11.4 Å². The van der Waals surface area contributed by atoms with Crippen molar-refractivity contribution in [1.29, 1.82) is 0 Å². The van der Waals surface area contributed by atoms with Crippen LogP contribution in [-0.2, 0) is 7.05 Å². The van der Waals surface area contributed by atoms with E-state index in [9.17, 15) is 9.59 Å². The lowest BCUT2D eigenvalue weighted by Crippen LogP contribution is -2.29. The Bertz CT molecular complexity index is 938. The lowest BCUT2D eigenvalue weighted by atomic mass is 10.3. The van der Waals surface area contributed by atoms with E-state index in [1.807, 2.05) is 29.9 Å². The average molecular weight is 341 g/mol. The summed E-state index contributed by atoms with van der Waals surface area (Å²) in [6, 6.07) is 6.96. The summed E-state index contributed by atoms with van der Waals surface area (Å²) < 4.78 is 1.93. The van der Waals surface area contributed by atoms with E-state index < -0.39 is 0 Å². The van der Waals surface area contributed by atoms with Crippen LogP contribution in [0.5, 0.6) is 0 Å². The number of aromatic nitrogens is 5. The summed E-state index contributed by atoms with van der Waals surface area (Å²) in [5.74, 6) is 0.132. The van der Waals surface area contributed by atoms with Crippen molar-refractivity contribution >= 4 is 11.9 Å². The number of rotatable bonds is 6. The molecule has 0 atom stereocenters. The molecule has 130 valence electrons. The molecule has 0 radical (unpaired) electrons. The molecule has 9 nitrogen and oxygen atoms in total. The number of aromatic amines is 2. The normalized spacial score (nSPS) is 10.6. The number of nitrogens with zero attached hydrogens (tertiary/aromatic N) is 3. The Hall–Kier alpha value is -3.36. The molecule has 1 amide bonds. The Morgan fingerprint density at radius 2 is 2.16 bits per heavy atom. The SMILES string of the molecule is Cc1cc(=O)[nH]c(NCCNC(=O)c2cc(-c3cccn3C)n[nH]2)n1. The van der Waals surface area contributed by atoms with Gasteiger partial charge in [-0.05, 0) is 25.1 Å². The van der Waals surface area contributed by atoms with Crippen molar-refractivity contribution in [3.63, 3.8) is 0 Å². The predicted molar refractivity (Wildman–Crippen MR) is 93.4 cm³/mol. The smallest absolute Gasteiger partial charge is 0.269 e. The van der Waals surface area contributed by atoms with Crippen molar-refractivity contribution < 1.29 is 4.79 Å². The average Bonchev–Trinajstić information content (AvgIpc) is 3.19. The molecule has 0 fully saturated rings. The van der Waals surface area contributed by atoms with Crippen LogP contribution in [-0.4, -0.2) is 43.7 Å². The number of hydrogen-bond donors (Lipinski definition) is 4. The van der Waals surface area contributed by atoms with E-state index in [1.165, 1.54) is 6.07 Å². The van der Waals surface area contributed by atoms with Gasteiger partial charge in [-0.25, -0.2) is 4.98 Å². The first-order chi connectivity index (χ1) is 12.0. The van der Waals surface area contributed by atoms with Gasteiger partial charge >= 0.3 is 0 Å². The van der Waals surface area contributed by atoms with E-state index in [0.29, 0.717) is 36.1 Å². The first kappa shape index (κ1) is 16.5. The predicted octanol–water partition coefficient (Wildman–Crippen LogP) is 0.649. The van der Waals surface area contributed by atoms with Crippen molar-refractivity contribution in [2.75, 3.05) is 18.4 Å². The summed E-state index contributed by atoms with van der Waals surface area (Å²) in [5.41, 5.74) is 2.42. The van der Waals surface area contributed by atoms with Gasteiger partial charge in [0, 0.05) is 38.1 Å². The van der Waals surface area contributed by atoms with Gasteiger partial charge < -0.3 is 15.2 Å². The standard InChI is InChI=1S/C16H19N7O2/c1-10-8-14(24)20-16(19-10)18-6-5-17-15(25)12-9-11(21-22-12)13-4-3-7-23(13)2/h3-4,7-9H,5-6H2,1-2H3,(H,17,25)(H,21,22)(H2,18,19,20,24). The fourth-order valence-electron chi connectivity index (χ4n) is 2.41. The Morgan fingerprint density at radius 1 is 1.32 bits per heavy atom. The van der Waals surface area contributed by atoms with E-state index in [1.54, 1.807) is 13.0 Å². The Balaban J connectivity index is 1.52. The van der Waals surface area contributed by atoms with Gasteiger partial charge in [-0.1, -0.05) is 0 Å². The van der Waals surface area contributed by atoms with Crippen LogP contribution in [0.3, 0.4) is 0 Å². The van der Waals surface area contributed by atoms with E-state index in [4.69, 9.17) is 0 Å². The van der Waals surface area contributed by atoms with Crippen molar-refractivity contribution in [2.24, 2.45) is 7.05 Å². The highest BCUT2D eigenvalue weighted by Crippen LogP contribution is 2.17. The lowest BCUT2D eigenvalue weighted by molar-refractivity contribution is 0.0950. The third kappa shape index (κ3) is 3.94. The minimum absolute atomic E-state index is 0.218. The van der Waals surface area contributed by atoms with Gasteiger partial charge in [0.2, 0.25) is 5.95 Å². The Morgan fingerprint density at radius 3 is 2.88 bits per heavy atom. The Labute approximate surface area is 143 Å². The van der Waals surface area contributed by atoms with Gasteiger partial charge in [0.15, 0.2) is 0 Å². The van der Waals surface area contributed by atoms with Crippen LogP contribution in [0.15, 0.2) is 35.3 Å². The molecule has 9 heteroatoms. The third-order valence-electron chi connectivity index (χ3n) is 3.60. The largest absolute Gasteiger partial charge is 0.354 e. The maximum Gasteiger partial charge on any atom is 0.269 e. The number of H-pyrrole nitrogens is 2. The second-order valence-corrected chi connectivity index (χ2v) is 5.59. The lowest BCUT2D eigenvalue weighted by Gasteiger charge is -2.06. The molecule has 0 spiro atoms. The summed E-state index contributed by atoms with van der Waals surface area (Å²) in [4.78, 5) is 30.2. The molecule has 0 aromatic carbocycles. The molecule has 0 bridgehead atoms. The molecule has 0 aliphatic carbocycles. The van der Waals surface area contributed by atoms with E-state index >= 15 is 0 Å². The summed E-state index contributed by atoms with van der Waals surface area (Å²) in [7, 11) is 1.92. The second-order valence-electron chi connectivity index (χ2n) is 5.59. The van der Waals surface area contributed by atoms with Crippen LogP contribution in [0.2, 0.25) is 0 Å². The molecule has 0 aliphatic heterocycles. The highest BCUT2D eigenvalue weighted by molar-refractivity contribution is 5.93. The molecule has 0 unspecified atom stereocenters. The van der Waals surface area contributed by atoms with Gasteiger partial charge in [0.1, 0.15) is 11.4 Å². The van der Waals surface area contributed by atoms with E-state index in [0.717, 1.165) is 5.69 Å². The molecule has 4 N–H and O–H groups in total. The van der Waals surface area contributed by atoms with Gasteiger partial charge in [0.05, 0.1) is 5.69 Å². The summed E-state index contributed by atoms with van der Waals surface area (Å²) in [6.07, 6.45) is 1.92. The minimum atomic E-state index is -0.250. The molecule has 3 aromatic rings.